The third kappa shape index (κ3) is 5.69. The first kappa shape index (κ1) is 19.1. The maximum absolute atomic E-state index is 12.0. The monoisotopic (exact) mass is 347 g/mol. The van der Waals surface area contributed by atoms with Crippen molar-refractivity contribution in [3.63, 3.8) is 0 Å². The standard InChI is InChI=1S/C18H29N5O2/c1-12(11-23-14(3)9-13(2)21-23)10-19-15(24)7-8-16-20-17(22-25-16)18(4,5)6/h9,12H,7-8,10-11H2,1-6H3,(H,19,24). The van der Waals surface area contributed by atoms with Gasteiger partial charge >= 0.3 is 0 Å². The van der Waals surface area contributed by atoms with Crippen LogP contribution in [0.5, 0.6) is 0 Å². The van der Waals surface area contributed by atoms with Crippen LogP contribution in [0.2, 0.25) is 0 Å². The van der Waals surface area contributed by atoms with Crippen LogP contribution in [-0.4, -0.2) is 32.4 Å². The van der Waals surface area contributed by atoms with Crippen LogP contribution in [0.1, 0.15) is 57.2 Å². The molecule has 0 radical (unpaired) electrons. The fraction of sp³-hybridized carbons (Fsp3) is 0.667. The van der Waals surface area contributed by atoms with Crippen molar-refractivity contribution < 1.29 is 9.32 Å². The van der Waals surface area contributed by atoms with Gasteiger partial charge in [0.15, 0.2) is 5.82 Å². The van der Waals surface area contributed by atoms with Crippen LogP contribution >= 0.6 is 0 Å². The Kier molecular flexibility index (Phi) is 5.98. The van der Waals surface area contributed by atoms with E-state index in [1.807, 2.05) is 39.3 Å². The molecule has 2 aromatic rings. The topological polar surface area (TPSA) is 85.8 Å². The van der Waals surface area contributed by atoms with Gasteiger partial charge in [0.2, 0.25) is 11.8 Å². The van der Waals surface area contributed by atoms with Crippen LogP contribution in [0.15, 0.2) is 10.6 Å². The molecule has 138 valence electrons. The number of amides is 1. The van der Waals surface area contributed by atoms with Crippen molar-refractivity contribution in [2.75, 3.05) is 6.54 Å². The van der Waals surface area contributed by atoms with Crippen molar-refractivity contribution in [1.82, 2.24) is 25.2 Å². The Morgan fingerprint density at radius 3 is 2.64 bits per heavy atom. The molecule has 2 rings (SSSR count). The Balaban J connectivity index is 1.73. The van der Waals surface area contributed by atoms with Crippen molar-refractivity contribution in [3.8, 4) is 0 Å². The van der Waals surface area contributed by atoms with Gasteiger partial charge in [-0.1, -0.05) is 32.9 Å². The summed E-state index contributed by atoms with van der Waals surface area (Å²) in [6.45, 7) is 13.6. The Labute approximate surface area is 149 Å². The van der Waals surface area contributed by atoms with E-state index in [4.69, 9.17) is 4.52 Å². The minimum atomic E-state index is -0.150. The average Bonchev–Trinajstić information content (AvgIpc) is 3.10. The molecular weight excluding hydrogens is 318 g/mol. The Bertz CT molecular complexity index is 711. The van der Waals surface area contributed by atoms with E-state index >= 15 is 0 Å². The lowest BCUT2D eigenvalue weighted by Crippen LogP contribution is -2.30. The molecule has 0 aromatic carbocycles. The summed E-state index contributed by atoms with van der Waals surface area (Å²) in [4.78, 5) is 16.4. The number of carbonyl (C=O) groups is 1. The van der Waals surface area contributed by atoms with E-state index in [1.165, 1.54) is 0 Å². The van der Waals surface area contributed by atoms with Crippen LogP contribution < -0.4 is 5.32 Å². The van der Waals surface area contributed by atoms with Crippen molar-refractivity contribution >= 4 is 5.91 Å². The summed E-state index contributed by atoms with van der Waals surface area (Å²) in [6.07, 6.45) is 0.805. The molecule has 1 amide bonds. The fourth-order valence-electron chi connectivity index (χ4n) is 2.48. The zero-order valence-corrected chi connectivity index (χ0v) is 16.1. The largest absolute Gasteiger partial charge is 0.356 e. The minimum Gasteiger partial charge on any atom is -0.356 e. The highest BCUT2D eigenvalue weighted by molar-refractivity contribution is 5.75. The van der Waals surface area contributed by atoms with E-state index in [9.17, 15) is 4.79 Å². The Hall–Kier alpha value is -2.18. The number of aromatic nitrogens is 4. The fourth-order valence-corrected chi connectivity index (χ4v) is 2.48. The molecule has 0 aliphatic rings. The highest BCUT2D eigenvalue weighted by atomic mass is 16.5. The number of carbonyl (C=O) groups excluding carboxylic acids is 1. The van der Waals surface area contributed by atoms with E-state index in [1.54, 1.807) is 0 Å². The van der Waals surface area contributed by atoms with Gasteiger partial charge in [0.1, 0.15) is 0 Å². The Morgan fingerprint density at radius 1 is 1.36 bits per heavy atom. The molecule has 25 heavy (non-hydrogen) atoms. The lowest BCUT2D eigenvalue weighted by molar-refractivity contribution is -0.121. The molecule has 7 heteroatoms. The number of rotatable bonds is 7. The summed E-state index contributed by atoms with van der Waals surface area (Å²) >= 11 is 0. The van der Waals surface area contributed by atoms with E-state index in [0.29, 0.717) is 37.0 Å². The zero-order chi connectivity index (χ0) is 18.6. The van der Waals surface area contributed by atoms with Gasteiger partial charge in [-0.2, -0.15) is 10.1 Å². The lowest BCUT2D eigenvalue weighted by atomic mass is 9.96. The first-order valence-corrected chi connectivity index (χ1v) is 8.76. The van der Waals surface area contributed by atoms with Gasteiger partial charge in [0.05, 0.1) is 5.69 Å². The predicted octanol–water partition coefficient (Wildman–Crippen LogP) is 2.57. The van der Waals surface area contributed by atoms with Crippen LogP contribution in [0.4, 0.5) is 0 Å². The summed E-state index contributed by atoms with van der Waals surface area (Å²) in [7, 11) is 0. The highest BCUT2D eigenvalue weighted by Gasteiger charge is 2.21. The van der Waals surface area contributed by atoms with Crippen LogP contribution in [0.3, 0.4) is 0 Å². The maximum Gasteiger partial charge on any atom is 0.227 e. The first-order valence-electron chi connectivity index (χ1n) is 8.76. The molecule has 7 nitrogen and oxygen atoms in total. The molecule has 0 aliphatic heterocycles. The Morgan fingerprint density at radius 2 is 2.08 bits per heavy atom. The molecule has 0 aliphatic carbocycles. The predicted molar refractivity (Wildman–Crippen MR) is 95.2 cm³/mol. The number of hydrogen-bond donors (Lipinski definition) is 1. The van der Waals surface area contributed by atoms with Crippen LogP contribution in [0.25, 0.3) is 0 Å². The van der Waals surface area contributed by atoms with Gasteiger partial charge in [-0.3, -0.25) is 9.48 Å². The number of nitrogens with zero attached hydrogens (tertiary/aromatic N) is 4. The van der Waals surface area contributed by atoms with E-state index in [2.05, 4.69) is 33.5 Å². The number of nitrogens with one attached hydrogen (secondary N) is 1. The molecule has 0 saturated carbocycles. The maximum atomic E-state index is 12.0. The number of aryl methyl sites for hydroxylation is 3. The van der Waals surface area contributed by atoms with Gasteiger partial charge in [-0.25, -0.2) is 0 Å². The summed E-state index contributed by atoms with van der Waals surface area (Å²) in [5.41, 5.74) is 2.01. The quantitative estimate of drug-likeness (QED) is 0.832. The minimum absolute atomic E-state index is 0.00396. The second-order valence-electron chi connectivity index (χ2n) is 7.78. The van der Waals surface area contributed by atoms with Gasteiger partial charge in [0.25, 0.3) is 0 Å². The number of hydrogen-bond acceptors (Lipinski definition) is 5. The van der Waals surface area contributed by atoms with E-state index in [0.717, 1.165) is 17.9 Å². The van der Waals surface area contributed by atoms with Crippen molar-refractivity contribution in [3.05, 3.63) is 29.2 Å². The van der Waals surface area contributed by atoms with Gasteiger partial charge in [-0.15, -0.1) is 0 Å². The van der Waals surface area contributed by atoms with Crippen molar-refractivity contribution in [2.45, 2.75) is 66.3 Å². The average molecular weight is 347 g/mol. The van der Waals surface area contributed by atoms with Gasteiger partial charge < -0.3 is 9.84 Å². The first-order chi connectivity index (χ1) is 11.6. The second-order valence-corrected chi connectivity index (χ2v) is 7.78. The van der Waals surface area contributed by atoms with Crippen molar-refractivity contribution in [1.29, 1.82) is 0 Å². The summed E-state index contributed by atoms with van der Waals surface area (Å²) in [5, 5.41) is 11.4. The zero-order valence-electron chi connectivity index (χ0n) is 16.1. The molecule has 1 atom stereocenters. The molecule has 1 N–H and O–H groups in total. The third-order valence-corrected chi connectivity index (χ3v) is 3.94. The second kappa shape index (κ2) is 7.80. The van der Waals surface area contributed by atoms with Gasteiger partial charge in [-0.05, 0) is 25.8 Å². The molecule has 2 heterocycles. The van der Waals surface area contributed by atoms with E-state index in [-0.39, 0.29) is 11.3 Å². The smallest absolute Gasteiger partial charge is 0.227 e. The normalized spacial score (nSPS) is 13.0. The third-order valence-electron chi connectivity index (χ3n) is 3.94. The van der Waals surface area contributed by atoms with E-state index < -0.39 is 0 Å². The van der Waals surface area contributed by atoms with Crippen LogP contribution in [0, 0.1) is 19.8 Å². The summed E-state index contributed by atoms with van der Waals surface area (Å²) in [6, 6.07) is 2.06. The molecule has 0 bridgehead atoms. The van der Waals surface area contributed by atoms with Crippen LogP contribution in [-0.2, 0) is 23.2 Å². The lowest BCUT2D eigenvalue weighted by Gasteiger charge is -2.13. The molecule has 0 saturated heterocycles. The highest BCUT2D eigenvalue weighted by Crippen LogP contribution is 2.18. The summed E-state index contributed by atoms with van der Waals surface area (Å²) in [5.74, 6) is 1.48. The van der Waals surface area contributed by atoms with Crippen molar-refractivity contribution in [2.24, 2.45) is 5.92 Å². The van der Waals surface area contributed by atoms with Gasteiger partial charge in [0, 0.05) is 37.0 Å². The summed E-state index contributed by atoms with van der Waals surface area (Å²) < 4.78 is 7.19. The molecule has 2 aromatic heterocycles. The molecule has 0 fully saturated rings. The molecular formula is C18H29N5O2. The molecule has 0 spiro atoms. The SMILES string of the molecule is Cc1cc(C)n(CC(C)CNC(=O)CCc2nc(C(C)(C)C)no2)n1. The molecule has 1 unspecified atom stereocenters.